The summed E-state index contributed by atoms with van der Waals surface area (Å²) in [6, 6.07) is 19.8. The summed E-state index contributed by atoms with van der Waals surface area (Å²) in [6.07, 6.45) is 5.92. The lowest BCUT2D eigenvalue weighted by Gasteiger charge is -2.47. The summed E-state index contributed by atoms with van der Waals surface area (Å²) in [5, 5.41) is 4.95. The molecule has 4 aromatic rings. The smallest absolute Gasteiger partial charge is 0.186 e. The van der Waals surface area contributed by atoms with Crippen molar-refractivity contribution in [1.29, 1.82) is 0 Å². The number of ether oxygens (including phenoxy) is 3. The molecule has 1 aromatic carbocycles. The number of hydrogen-bond acceptors (Lipinski definition) is 8. The van der Waals surface area contributed by atoms with Crippen LogP contribution in [0, 0.1) is 0 Å². The predicted molar refractivity (Wildman–Crippen MR) is 203 cm³/mol. The second-order valence-electron chi connectivity index (χ2n) is 16.0. The fourth-order valence-corrected chi connectivity index (χ4v) is 8.06. The molecule has 5 heterocycles. The number of aromatic nitrogens is 4. The normalized spacial score (nSPS) is 20.3. The quantitative estimate of drug-likeness (QED) is 0.0861. The van der Waals surface area contributed by atoms with Crippen molar-refractivity contribution >= 4 is 35.6 Å². The van der Waals surface area contributed by atoms with Crippen molar-refractivity contribution in [3.05, 3.63) is 66.6 Å². The Balaban J connectivity index is 1.37. The zero-order chi connectivity index (χ0) is 33.9. The second-order valence-corrected chi connectivity index (χ2v) is 27.3. The number of pyridine rings is 1. The molecule has 0 spiro atoms. The molecule has 48 heavy (non-hydrogen) atoms. The van der Waals surface area contributed by atoms with Crippen molar-refractivity contribution in [3.8, 4) is 22.4 Å². The Bertz CT molecular complexity index is 1610. The van der Waals surface area contributed by atoms with Crippen molar-refractivity contribution < 1.29 is 14.2 Å². The van der Waals surface area contributed by atoms with E-state index in [-0.39, 0.29) is 0 Å². The van der Waals surface area contributed by atoms with Crippen molar-refractivity contribution in [1.82, 2.24) is 24.4 Å². The molecule has 2 saturated heterocycles. The second kappa shape index (κ2) is 14.9. The van der Waals surface area contributed by atoms with Crippen LogP contribution in [0.5, 0.6) is 0 Å². The Morgan fingerprint density at radius 1 is 0.854 bits per heavy atom. The molecule has 0 saturated carbocycles. The first-order valence-corrected chi connectivity index (χ1v) is 25.0. The van der Waals surface area contributed by atoms with E-state index in [0.717, 1.165) is 90.9 Å². The summed E-state index contributed by atoms with van der Waals surface area (Å²) < 4.78 is 20.7. The molecule has 3 aromatic heterocycles. The lowest BCUT2D eigenvalue weighted by atomic mass is 9.81. The number of hydrogen-bond donors (Lipinski definition) is 0. The van der Waals surface area contributed by atoms with Crippen molar-refractivity contribution in [2.75, 3.05) is 44.8 Å². The zero-order valence-electron chi connectivity index (χ0n) is 30.0. The highest BCUT2D eigenvalue weighted by Crippen LogP contribution is 2.38. The summed E-state index contributed by atoms with van der Waals surface area (Å²) in [4.78, 5) is 14.9. The number of rotatable bonds is 14. The molecule has 12 heteroatoms. The maximum Gasteiger partial charge on any atom is 0.186 e. The fourth-order valence-electron chi connectivity index (χ4n) is 6.55. The van der Waals surface area contributed by atoms with Gasteiger partial charge in [0, 0.05) is 82.0 Å². The summed E-state index contributed by atoms with van der Waals surface area (Å²) in [6.45, 7) is 18.2. The minimum absolute atomic E-state index is 0.327. The third kappa shape index (κ3) is 8.64. The zero-order valence-corrected chi connectivity index (χ0v) is 32.0. The van der Waals surface area contributed by atoms with Gasteiger partial charge < -0.3 is 23.9 Å². The van der Waals surface area contributed by atoms with Gasteiger partial charge in [0.05, 0.1) is 25.1 Å². The van der Waals surface area contributed by atoms with Gasteiger partial charge in [-0.2, -0.15) is 9.61 Å². The SMILES string of the molecule is BN1C2COCC1CC(c1cc(N(COCC[Si](C)(C)C)COCC[Si](C)(C)C)n3ncc(-c4ccc(-c5ccccc5)nc4)c3n1)C2. The van der Waals surface area contributed by atoms with Crippen LogP contribution in [-0.4, -0.2) is 100 Å². The maximum absolute atomic E-state index is 6.37. The summed E-state index contributed by atoms with van der Waals surface area (Å²) in [5.41, 5.74) is 5.96. The van der Waals surface area contributed by atoms with E-state index in [1.165, 1.54) is 0 Å². The highest BCUT2D eigenvalue weighted by molar-refractivity contribution is 6.76. The van der Waals surface area contributed by atoms with Gasteiger partial charge in [0.2, 0.25) is 0 Å². The van der Waals surface area contributed by atoms with E-state index >= 15 is 0 Å². The summed E-state index contributed by atoms with van der Waals surface area (Å²) in [5.74, 6) is 1.28. The van der Waals surface area contributed by atoms with E-state index in [1.807, 2.05) is 35.1 Å². The Morgan fingerprint density at radius 2 is 1.50 bits per heavy atom. The van der Waals surface area contributed by atoms with Gasteiger partial charge in [0.1, 0.15) is 19.3 Å². The minimum atomic E-state index is -1.23. The molecule has 2 bridgehead atoms. The van der Waals surface area contributed by atoms with Gasteiger partial charge in [-0.1, -0.05) is 75.7 Å². The van der Waals surface area contributed by atoms with E-state index in [4.69, 9.17) is 29.3 Å². The van der Waals surface area contributed by atoms with E-state index in [0.29, 0.717) is 31.5 Å². The maximum atomic E-state index is 6.37. The Hall–Kier alpha value is -2.87. The third-order valence-corrected chi connectivity index (χ3v) is 13.1. The van der Waals surface area contributed by atoms with E-state index in [9.17, 15) is 0 Å². The first-order chi connectivity index (χ1) is 22.9. The van der Waals surface area contributed by atoms with Gasteiger partial charge in [-0.05, 0) is 31.0 Å². The van der Waals surface area contributed by atoms with Crippen LogP contribution in [0.3, 0.4) is 0 Å². The molecule has 256 valence electrons. The number of piperidine rings is 1. The average Bonchev–Trinajstić information content (AvgIpc) is 3.47. The lowest BCUT2D eigenvalue weighted by Crippen LogP contribution is -2.55. The Labute approximate surface area is 289 Å². The van der Waals surface area contributed by atoms with E-state index < -0.39 is 16.1 Å². The fraction of sp³-hybridized carbons (Fsp3) is 0.528. The molecule has 0 N–H and O–H groups in total. The first-order valence-electron chi connectivity index (χ1n) is 17.6. The Kier molecular flexibility index (Phi) is 10.9. The lowest BCUT2D eigenvalue weighted by molar-refractivity contribution is -0.0357. The van der Waals surface area contributed by atoms with Crippen molar-refractivity contribution in [2.24, 2.45) is 0 Å². The number of nitrogens with zero attached hydrogens (tertiary/aromatic N) is 6. The topological polar surface area (TPSA) is 77.2 Å². The molecule has 0 amide bonds. The first kappa shape index (κ1) is 35.0. The van der Waals surface area contributed by atoms with Gasteiger partial charge >= 0.3 is 0 Å². The standard InChI is InChI=1S/C36H53BN6O3Si2/c1-47(2,3)16-14-44-25-41(26-45-15-17-48(4,5)6)35-20-34(29-18-30-23-46-24-31(19-29)42(30)37)40-36-32(22-39-43(35)36)28-12-13-33(38-21-28)27-10-8-7-9-11-27/h7-13,20-22,29-31H,14-19,23-26,37H2,1-6H3. The van der Waals surface area contributed by atoms with Crippen LogP contribution in [-0.2, 0) is 14.2 Å². The molecule has 9 nitrogen and oxygen atoms in total. The van der Waals surface area contributed by atoms with Crippen LogP contribution in [0.25, 0.3) is 28.0 Å². The van der Waals surface area contributed by atoms with Crippen LogP contribution >= 0.6 is 0 Å². The third-order valence-electron chi connectivity index (χ3n) is 9.73. The molecule has 0 radical (unpaired) electrons. The average molecular weight is 685 g/mol. The van der Waals surface area contributed by atoms with Crippen LogP contribution < -0.4 is 4.90 Å². The van der Waals surface area contributed by atoms with Gasteiger partial charge in [-0.3, -0.25) is 4.98 Å². The molecule has 6 rings (SSSR count). The molecule has 2 fully saturated rings. The monoisotopic (exact) mass is 684 g/mol. The largest absolute Gasteiger partial charge is 0.378 e. The molecule has 2 atom stereocenters. The molecule has 0 aliphatic carbocycles. The van der Waals surface area contributed by atoms with Crippen LogP contribution in [0.15, 0.2) is 60.9 Å². The number of fused-ring (bicyclic) bond motifs is 3. The highest BCUT2D eigenvalue weighted by atomic mass is 28.3. The van der Waals surface area contributed by atoms with Crippen LogP contribution in [0.1, 0.15) is 24.5 Å². The molecule has 2 unspecified atom stereocenters. The molecule has 2 aliphatic rings. The van der Waals surface area contributed by atoms with Crippen LogP contribution in [0.2, 0.25) is 51.4 Å². The van der Waals surface area contributed by atoms with E-state index in [1.54, 1.807) is 0 Å². The molecular formula is C36H53BN6O3Si2. The minimum Gasteiger partial charge on any atom is -0.378 e. The number of morpholine rings is 1. The summed E-state index contributed by atoms with van der Waals surface area (Å²) >= 11 is 0. The van der Waals surface area contributed by atoms with Gasteiger partial charge in [-0.15, -0.1) is 0 Å². The van der Waals surface area contributed by atoms with Gasteiger partial charge in [0.15, 0.2) is 13.6 Å². The van der Waals surface area contributed by atoms with Crippen molar-refractivity contribution in [3.63, 3.8) is 0 Å². The van der Waals surface area contributed by atoms with Crippen LogP contribution in [0.4, 0.5) is 5.82 Å². The van der Waals surface area contributed by atoms with Gasteiger partial charge in [0.25, 0.3) is 0 Å². The Morgan fingerprint density at radius 3 is 2.08 bits per heavy atom. The van der Waals surface area contributed by atoms with E-state index in [2.05, 4.69) is 87.3 Å². The predicted octanol–water partition coefficient (Wildman–Crippen LogP) is 6.38. The molecular weight excluding hydrogens is 631 g/mol. The summed E-state index contributed by atoms with van der Waals surface area (Å²) in [7, 11) is -0.217. The highest BCUT2D eigenvalue weighted by Gasteiger charge is 2.38. The van der Waals surface area contributed by atoms with Crippen molar-refractivity contribution in [2.45, 2.75) is 82.2 Å². The van der Waals surface area contributed by atoms with Gasteiger partial charge in [-0.25, -0.2) is 4.98 Å². The number of anilines is 1. The number of benzene rings is 1. The molecule has 2 aliphatic heterocycles.